The Balaban J connectivity index is 2.49. The van der Waals surface area contributed by atoms with E-state index >= 15 is 0 Å². The van der Waals surface area contributed by atoms with E-state index in [1.807, 2.05) is 13.1 Å². The van der Waals surface area contributed by atoms with E-state index in [1.54, 1.807) is 6.07 Å². The number of rotatable bonds is 18. The van der Waals surface area contributed by atoms with E-state index in [0.29, 0.717) is 12.4 Å². The number of unbranched alkanes of at least 4 members (excludes halogenated alkanes) is 1. The molecule has 0 unspecified atom stereocenters. The van der Waals surface area contributed by atoms with E-state index in [4.69, 9.17) is 25.3 Å². The first-order valence-electron chi connectivity index (χ1n) is 13.1. The maximum atomic E-state index is 13.5. The van der Waals surface area contributed by atoms with E-state index in [-0.39, 0.29) is 15.8 Å². The molecule has 0 saturated heterocycles. The molecule has 1 aromatic carbocycles. The molecule has 0 fully saturated rings. The van der Waals surface area contributed by atoms with Crippen molar-refractivity contribution in [3.8, 4) is 11.5 Å². The fraction of sp³-hybridized carbons (Fsp3) is 0.739. The van der Waals surface area contributed by atoms with Gasteiger partial charge in [0.2, 0.25) is 0 Å². The summed E-state index contributed by atoms with van der Waals surface area (Å²) in [6, 6.07) is 6.08. The van der Waals surface area contributed by atoms with Crippen molar-refractivity contribution < 1.29 is 34.8 Å². The lowest BCUT2D eigenvalue weighted by molar-refractivity contribution is 0.300. The quantitative estimate of drug-likeness (QED) is 0.136. The Morgan fingerprint density at radius 3 is 1.81 bits per heavy atom. The van der Waals surface area contributed by atoms with Crippen LogP contribution in [0, 0.1) is 5.82 Å². The highest BCUT2D eigenvalue weighted by Crippen LogP contribution is 2.26. The van der Waals surface area contributed by atoms with E-state index < -0.39 is 48.1 Å². The van der Waals surface area contributed by atoms with Crippen molar-refractivity contribution in [1.82, 2.24) is 0 Å². The smallest absolute Gasteiger partial charge is 0.413 e. The van der Waals surface area contributed by atoms with Gasteiger partial charge in [0.1, 0.15) is 5.75 Å². The molecule has 1 aromatic rings. The molecule has 0 amide bonds. The van der Waals surface area contributed by atoms with Gasteiger partial charge in [-0.1, -0.05) is 19.8 Å². The summed E-state index contributed by atoms with van der Waals surface area (Å²) in [6.45, 7) is 24.0. The third-order valence-corrected chi connectivity index (χ3v) is 25.4. The molecule has 0 aromatic heterocycles. The number of ether oxygens (including phenoxy) is 1. The minimum absolute atomic E-state index is 0.104. The van der Waals surface area contributed by atoms with Gasteiger partial charge in [-0.05, 0) is 96.1 Å². The first kappa shape index (κ1) is 34.9. The molecule has 0 aliphatic rings. The third kappa shape index (κ3) is 15.3. The number of phenolic OH excluding ortho intramolecular Hbond substituents is 1. The maximum Gasteiger partial charge on any atom is 0.413 e. The van der Waals surface area contributed by atoms with E-state index in [1.165, 1.54) is 25.0 Å². The van der Waals surface area contributed by atoms with Gasteiger partial charge < -0.3 is 30.4 Å². The number of hydrogen-bond acceptors (Lipinski definition) is 7. The van der Waals surface area contributed by atoms with Gasteiger partial charge >= 0.3 is 35.7 Å². The average molecular weight is 625 g/mol. The Kier molecular flexibility index (Phi) is 13.6. The van der Waals surface area contributed by atoms with Crippen LogP contribution in [-0.2, 0) is 20.6 Å². The van der Waals surface area contributed by atoms with Crippen molar-refractivity contribution in [1.29, 1.82) is 0 Å². The number of aromatic hydroxyl groups is 1. The molecule has 7 nitrogen and oxygen atoms in total. The highest BCUT2D eigenvalue weighted by molar-refractivity contribution is 6.87. The summed E-state index contributed by atoms with van der Waals surface area (Å²) < 4.78 is 51.1. The monoisotopic (exact) mass is 624 g/mol. The van der Waals surface area contributed by atoms with E-state index in [2.05, 4.69) is 59.3 Å². The van der Waals surface area contributed by atoms with Crippen LogP contribution in [0.5, 0.6) is 11.5 Å². The summed E-state index contributed by atoms with van der Waals surface area (Å²) in [5.41, 5.74) is 0. The molecule has 214 valence electrons. The topological polar surface area (TPSA) is 75.6 Å². The molecule has 1 N–H and O–H groups in total. The molecular formula is C23H49FO7Si6. The van der Waals surface area contributed by atoms with Gasteiger partial charge in [0.05, 0.1) is 6.61 Å². The zero-order valence-corrected chi connectivity index (χ0v) is 30.7. The van der Waals surface area contributed by atoms with Crippen LogP contribution in [0.2, 0.25) is 77.6 Å². The fourth-order valence-corrected chi connectivity index (χ4v) is 26.3. The van der Waals surface area contributed by atoms with Gasteiger partial charge in [0.15, 0.2) is 28.2 Å². The predicted octanol–water partition coefficient (Wildman–Crippen LogP) is 7.23. The van der Waals surface area contributed by atoms with Gasteiger partial charge in [-0.25, -0.2) is 4.39 Å². The normalized spacial score (nSPS) is 13.7. The molecule has 37 heavy (non-hydrogen) atoms. The SMILES string of the molecule is CCCC[Si](C)(C)O[Si](C)(C)O[Si]O[Si](C)(C)O[Si](C)(C)O[Si](C)(C)CCCOc1ccc(O)c(F)c1. The molecule has 1 rings (SSSR count). The third-order valence-electron chi connectivity index (χ3n) is 5.35. The van der Waals surface area contributed by atoms with E-state index in [9.17, 15) is 9.50 Å². The predicted molar refractivity (Wildman–Crippen MR) is 161 cm³/mol. The van der Waals surface area contributed by atoms with Crippen LogP contribution in [-0.4, -0.2) is 64.0 Å². The van der Waals surface area contributed by atoms with Gasteiger partial charge in [0, 0.05) is 6.07 Å². The van der Waals surface area contributed by atoms with Crippen LogP contribution < -0.4 is 4.74 Å². The molecule has 0 saturated carbocycles. The van der Waals surface area contributed by atoms with Crippen molar-refractivity contribution in [3.63, 3.8) is 0 Å². The Hall–Kier alpha value is -0.149. The Morgan fingerprint density at radius 2 is 1.27 bits per heavy atom. The number of halogens is 1. The second-order valence-corrected chi connectivity index (χ2v) is 32.7. The minimum Gasteiger partial charge on any atom is -0.505 e. The molecule has 14 heteroatoms. The van der Waals surface area contributed by atoms with Gasteiger partial charge in [0.25, 0.3) is 0 Å². The molecule has 0 heterocycles. The van der Waals surface area contributed by atoms with Crippen molar-refractivity contribution in [3.05, 3.63) is 24.0 Å². The summed E-state index contributed by atoms with van der Waals surface area (Å²) in [5.74, 6) is -0.655. The zero-order chi connectivity index (χ0) is 28.5. The van der Waals surface area contributed by atoms with Gasteiger partial charge in [-0.2, -0.15) is 0 Å². The first-order valence-corrected chi connectivity index (χ1v) is 28.6. The highest BCUT2D eigenvalue weighted by atomic mass is 28.5. The standard InChI is InChI=1S/C23H49FO7Si6/c1-12-13-18-33(2,3)29-35(6,7)27-32-28-36(8,9)31-37(10,11)30-34(4,5)19-14-17-26-21-15-16-23(25)22(24)20-21/h15-16,20,25H,12-14,17-19H2,1-11H3. The second kappa shape index (κ2) is 14.5. The van der Waals surface area contributed by atoms with Crippen molar-refractivity contribution >= 4 is 52.3 Å². The molecule has 0 bridgehead atoms. The second-order valence-electron chi connectivity index (χ2n) is 12.0. The highest BCUT2D eigenvalue weighted by Gasteiger charge is 2.41. The average Bonchev–Trinajstić information content (AvgIpc) is 2.69. The van der Waals surface area contributed by atoms with Crippen LogP contribution in [0.1, 0.15) is 26.2 Å². The zero-order valence-electron chi connectivity index (χ0n) is 24.7. The molecule has 0 aliphatic carbocycles. The first-order chi connectivity index (χ1) is 16.8. The number of benzene rings is 1. The van der Waals surface area contributed by atoms with Crippen LogP contribution in [0.3, 0.4) is 0 Å². The van der Waals surface area contributed by atoms with Crippen LogP contribution in [0.15, 0.2) is 18.2 Å². The van der Waals surface area contributed by atoms with Crippen LogP contribution in [0.25, 0.3) is 0 Å². The Morgan fingerprint density at radius 1 is 0.757 bits per heavy atom. The van der Waals surface area contributed by atoms with Crippen molar-refractivity contribution in [2.24, 2.45) is 0 Å². The molecule has 0 atom stereocenters. The summed E-state index contributed by atoms with van der Waals surface area (Å²) in [6.07, 6.45) is 3.16. The summed E-state index contributed by atoms with van der Waals surface area (Å²) in [7, 11) is -11.1. The lowest BCUT2D eigenvalue weighted by Crippen LogP contribution is -2.54. The number of phenols is 1. The fourth-order valence-electron chi connectivity index (χ4n) is 4.18. The van der Waals surface area contributed by atoms with Crippen molar-refractivity contribution in [2.45, 2.75) is 104 Å². The maximum absolute atomic E-state index is 13.5. The Bertz CT molecular complexity index is 840. The molecular weight excluding hydrogens is 576 g/mol. The van der Waals surface area contributed by atoms with E-state index in [0.717, 1.165) is 18.5 Å². The van der Waals surface area contributed by atoms with Gasteiger partial charge in [-0.3, -0.25) is 0 Å². The largest absolute Gasteiger partial charge is 0.505 e. The van der Waals surface area contributed by atoms with Crippen LogP contribution >= 0.6 is 0 Å². The van der Waals surface area contributed by atoms with Gasteiger partial charge in [-0.15, -0.1) is 0 Å². The molecule has 2 radical (unpaired) electrons. The summed E-state index contributed by atoms with van der Waals surface area (Å²) in [4.78, 5) is 0. The lowest BCUT2D eigenvalue weighted by Gasteiger charge is -2.38. The number of hydrogen-bond donors (Lipinski definition) is 1. The molecule has 0 spiro atoms. The summed E-state index contributed by atoms with van der Waals surface area (Å²) in [5, 5.41) is 9.30. The van der Waals surface area contributed by atoms with Crippen LogP contribution in [0.4, 0.5) is 4.39 Å². The lowest BCUT2D eigenvalue weighted by atomic mass is 10.3. The minimum atomic E-state index is -2.47. The van der Waals surface area contributed by atoms with Crippen molar-refractivity contribution in [2.75, 3.05) is 6.61 Å². The molecule has 0 aliphatic heterocycles. The Labute approximate surface area is 232 Å². The summed E-state index contributed by atoms with van der Waals surface area (Å²) >= 11 is 0.